The predicted octanol–water partition coefficient (Wildman–Crippen LogP) is 0.486. The van der Waals surface area contributed by atoms with Crippen LogP contribution in [0.1, 0.15) is 11.4 Å². The molecule has 0 saturated carbocycles. The third-order valence-corrected chi connectivity index (χ3v) is 2.45. The lowest BCUT2D eigenvalue weighted by Crippen LogP contribution is -2.17. The molecule has 0 radical (unpaired) electrons. The molecule has 15 heavy (non-hydrogen) atoms. The molecular formula is C10H9N5. The molecule has 2 N–H and O–H groups in total. The van der Waals surface area contributed by atoms with Crippen LogP contribution in [0.5, 0.6) is 0 Å². The maximum absolute atomic E-state index is 5.80. The van der Waals surface area contributed by atoms with Crippen LogP contribution in [0.3, 0.4) is 0 Å². The highest BCUT2D eigenvalue weighted by atomic mass is 15.3. The van der Waals surface area contributed by atoms with E-state index in [1.54, 1.807) is 6.33 Å². The number of aromatic nitrogens is 3. The zero-order valence-corrected chi connectivity index (χ0v) is 7.96. The predicted molar refractivity (Wildman–Crippen MR) is 55.8 cm³/mol. The van der Waals surface area contributed by atoms with Gasteiger partial charge in [-0.25, -0.2) is 0 Å². The Morgan fingerprint density at radius 3 is 3.07 bits per heavy atom. The van der Waals surface area contributed by atoms with Crippen molar-refractivity contribution < 1.29 is 0 Å². The van der Waals surface area contributed by atoms with E-state index in [9.17, 15) is 0 Å². The fraction of sp³-hybridized carbons (Fsp3) is 0.100. The summed E-state index contributed by atoms with van der Waals surface area (Å²) in [5.74, 6) is 1.05. The molecule has 1 aliphatic rings. The van der Waals surface area contributed by atoms with Crippen LogP contribution in [0.4, 0.5) is 0 Å². The zero-order valence-electron chi connectivity index (χ0n) is 7.96. The maximum Gasteiger partial charge on any atom is 0.203 e. The van der Waals surface area contributed by atoms with E-state index in [2.05, 4.69) is 15.2 Å². The van der Waals surface area contributed by atoms with Crippen molar-refractivity contribution in [3.63, 3.8) is 0 Å². The van der Waals surface area contributed by atoms with Crippen molar-refractivity contribution in [2.75, 3.05) is 0 Å². The third-order valence-electron chi connectivity index (χ3n) is 2.45. The van der Waals surface area contributed by atoms with Crippen LogP contribution in [0.25, 0.3) is 5.69 Å². The number of rotatable bonds is 0. The van der Waals surface area contributed by atoms with Crippen molar-refractivity contribution in [3.8, 4) is 5.69 Å². The van der Waals surface area contributed by atoms with Crippen molar-refractivity contribution in [2.24, 2.45) is 10.7 Å². The first-order valence-electron chi connectivity index (χ1n) is 4.65. The van der Waals surface area contributed by atoms with Gasteiger partial charge in [-0.15, -0.1) is 10.2 Å². The first kappa shape index (κ1) is 8.16. The van der Waals surface area contributed by atoms with Gasteiger partial charge in [-0.2, -0.15) is 0 Å². The smallest absolute Gasteiger partial charge is 0.203 e. The number of fused-ring (bicyclic) bond motifs is 3. The second kappa shape index (κ2) is 2.91. The molecule has 2 heterocycles. The van der Waals surface area contributed by atoms with Gasteiger partial charge < -0.3 is 5.73 Å². The van der Waals surface area contributed by atoms with E-state index in [0.29, 0.717) is 18.2 Å². The minimum Gasteiger partial charge on any atom is -0.381 e. The first-order chi connectivity index (χ1) is 7.36. The van der Waals surface area contributed by atoms with Gasteiger partial charge in [0.15, 0.2) is 5.84 Å². The Kier molecular flexibility index (Phi) is 1.58. The van der Waals surface area contributed by atoms with E-state index in [1.165, 1.54) is 0 Å². The number of aliphatic imine (C=N–C) groups is 1. The minimum absolute atomic E-state index is 0.434. The molecule has 0 spiro atoms. The average Bonchev–Trinajstić information content (AvgIpc) is 2.71. The molecule has 5 nitrogen and oxygen atoms in total. The van der Waals surface area contributed by atoms with Crippen LogP contribution in [0.2, 0.25) is 0 Å². The van der Waals surface area contributed by atoms with Crippen LogP contribution >= 0.6 is 0 Å². The largest absolute Gasteiger partial charge is 0.381 e. The minimum atomic E-state index is 0.434. The summed E-state index contributed by atoms with van der Waals surface area (Å²) in [5, 5.41) is 7.80. The summed E-state index contributed by atoms with van der Waals surface area (Å²) in [6, 6.07) is 8.00. The highest BCUT2D eigenvalue weighted by Gasteiger charge is 2.15. The number of nitrogens with two attached hydrogens (primary N) is 1. The molecule has 0 bridgehead atoms. The third kappa shape index (κ3) is 1.13. The molecule has 0 atom stereocenters. The van der Waals surface area contributed by atoms with E-state index in [4.69, 9.17) is 5.73 Å². The standard InChI is InChI=1S/C10H9N5/c11-9-10-14-13-6-15(10)8-4-2-1-3-7(8)5-12-9/h1-4,6H,5H2,(H2,11,12). The molecule has 0 unspecified atom stereocenters. The maximum atomic E-state index is 5.80. The average molecular weight is 199 g/mol. The van der Waals surface area contributed by atoms with Crippen molar-refractivity contribution >= 4 is 5.84 Å². The van der Waals surface area contributed by atoms with E-state index in [-0.39, 0.29) is 0 Å². The van der Waals surface area contributed by atoms with Crippen molar-refractivity contribution in [1.82, 2.24) is 14.8 Å². The number of amidine groups is 1. The fourth-order valence-corrected chi connectivity index (χ4v) is 1.71. The molecule has 0 amide bonds. The Bertz CT molecular complexity index is 540. The van der Waals surface area contributed by atoms with Crippen LogP contribution in [-0.2, 0) is 6.54 Å². The lowest BCUT2D eigenvalue weighted by molar-refractivity contribution is 1.00. The van der Waals surface area contributed by atoms with Crippen molar-refractivity contribution in [1.29, 1.82) is 0 Å². The van der Waals surface area contributed by atoms with Crippen LogP contribution in [-0.4, -0.2) is 20.6 Å². The second-order valence-corrected chi connectivity index (χ2v) is 3.35. The van der Waals surface area contributed by atoms with Crippen molar-refractivity contribution in [3.05, 3.63) is 42.0 Å². The van der Waals surface area contributed by atoms with Crippen LogP contribution in [0, 0.1) is 0 Å². The van der Waals surface area contributed by atoms with Crippen LogP contribution in [0.15, 0.2) is 35.6 Å². The molecule has 1 aromatic carbocycles. The zero-order chi connectivity index (χ0) is 10.3. The van der Waals surface area contributed by atoms with Gasteiger partial charge in [0.05, 0.1) is 12.2 Å². The summed E-state index contributed by atoms with van der Waals surface area (Å²) in [7, 11) is 0. The molecule has 0 fully saturated rings. The van der Waals surface area contributed by atoms with Gasteiger partial charge in [-0.1, -0.05) is 18.2 Å². The van der Waals surface area contributed by atoms with Crippen molar-refractivity contribution in [2.45, 2.75) is 6.54 Å². The Labute approximate surface area is 86.3 Å². The van der Waals surface area contributed by atoms with Gasteiger partial charge in [0.1, 0.15) is 6.33 Å². The number of hydrogen-bond acceptors (Lipinski definition) is 4. The van der Waals surface area contributed by atoms with Gasteiger partial charge >= 0.3 is 0 Å². The normalized spacial score (nSPS) is 13.7. The highest BCUT2D eigenvalue weighted by molar-refractivity contribution is 5.95. The molecule has 1 aliphatic heterocycles. The van der Waals surface area contributed by atoms with Crippen LogP contribution < -0.4 is 5.73 Å². The number of para-hydroxylation sites is 1. The molecule has 1 aromatic heterocycles. The van der Waals surface area contributed by atoms with Gasteiger partial charge in [0.25, 0.3) is 0 Å². The Morgan fingerprint density at radius 1 is 1.27 bits per heavy atom. The molecule has 0 saturated heterocycles. The van der Waals surface area contributed by atoms with E-state index in [0.717, 1.165) is 11.3 Å². The number of hydrogen-bond donors (Lipinski definition) is 1. The number of benzene rings is 1. The SMILES string of the molecule is NC1=NCc2ccccc2-n2cnnc21. The van der Waals surface area contributed by atoms with E-state index < -0.39 is 0 Å². The van der Waals surface area contributed by atoms with E-state index in [1.807, 2.05) is 28.8 Å². The second-order valence-electron chi connectivity index (χ2n) is 3.35. The van der Waals surface area contributed by atoms with Gasteiger partial charge in [-0.05, 0) is 11.6 Å². The van der Waals surface area contributed by atoms with Gasteiger partial charge in [-0.3, -0.25) is 9.56 Å². The number of nitrogens with zero attached hydrogens (tertiary/aromatic N) is 4. The summed E-state index contributed by atoms with van der Waals surface area (Å²) in [5.41, 5.74) is 7.96. The lowest BCUT2D eigenvalue weighted by atomic mass is 10.2. The molecule has 0 aliphatic carbocycles. The first-order valence-corrected chi connectivity index (χ1v) is 4.65. The topological polar surface area (TPSA) is 69.1 Å². The Balaban J connectivity index is 2.33. The monoisotopic (exact) mass is 199 g/mol. The molecule has 5 heteroatoms. The van der Waals surface area contributed by atoms with E-state index >= 15 is 0 Å². The highest BCUT2D eigenvalue weighted by Crippen LogP contribution is 2.19. The van der Waals surface area contributed by atoms with Gasteiger partial charge in [0, 0.05) is 0 Å². The molecule has 2 aromatic rings. The molecule has 3 rings (SSSR count). The summed E-state index contributed by atoms with van der Waals surface area (Å²) in [6.45, 7) is 0.589. The summed E-state index contributed by atoms with van der Waals surface area (Å²) in [6.07, 6.45) is 1.65. The Hall–Kier alpha value is -2.17. The lowest BCUT2D eigenvalue weighted by Gasteiger charge is -2.06. The van der Waals surface area contributed by atoms with Gasteiger partial charge in [0.2, 0.25) is 5.82 Å². The Morgan fingerprint density at radius 2 is 2.13 bits per heavy atom. The summed E-state index contributed by atoms with van der Waals surface area (Å²) >= 11 is 0. The molecule has 74 valence electrons. The summed E-state index contributed by atoms with van der Waals surface area (Å²) < 4.78 is 1.86. The molecular weight excluding hydrogens is 190 g/mol. The fourth-order valence-electron chi connectivity index (χ4n) is 1.71. The summed E-state index contributed by atoms with van der Waals surface area (Å²) in [4.78, 5) is 4.25. The quantitative estimate of drug-likeness (QED) is 0.671.